The zero-order valence-corrected chi connectivity index (χ0v) is 12.3. The third-order valence-electron chi connectivity index (χ3n) is 3.93. The molecule has 1 heterocycles. The highest BCUT2D eigenvalue weighted by molar-refractivity contribution is 5.90. The second-order valence-electron chi connectivity index (χ2n) is 5.51. The molecule has 0 radical (unpaired) electrons. The Balaban J connectivity index is 1.75. The van der Waals surface area contributed by atoms with Crippen LogP contribution in [0.2, 0.25) is 0 Å². The van der Waals surface area contributed by atoms with Crippen molar-refractivity contribution in [3.8, 4) is 5.75 Å². The number of nitrogens with one attached hydrogen (secondary N) is 1. The van der Waals surface area contributed by atoms with Crippen molar-refractivity contribution >= 4 is 11.7 Å². The molecular weight excluding hydrogens is 283 g/mol. The lowest BCUT2D eigenvalue weighted by atomic mass is 10.00. The molecule has 4 nitrogen and oxygen atoms in total. The molecule has 5 heteroatoms. The van der Waals surface area contributed by atoms with Crippen LogP contribution in [-0.2, 0) is 13.0 Å². The second kappa shape index (κ2) is 5.67. The van der Waals surface area contributed by atoms with Crippen molar-refractivity contribution in [3.63, 3.8) is 0 Å². The van der Waals surface area contributed by atoms with Gasteiger partial charge in [-0.2, -0.15) is 0 Å². The number of nitrogens with zero attached hydrogens (tertiary/aromatic N) is 1. The third-order valence-corrected chi connectivity index (χ3v) is 3.93. The molecule has 0 saturated carbocycles. The fraction of sp³-hybridized carbons (Fsp3) is 0.235. The molecule has 1 aliphatic rings. The molecule has 0 fully saturated rings. The normalized spacial score (nSPS) is 13.6. The molecule has 1 aliphatic heterocycles. The van der Waals surface area contributed by atoms with Crippen LogP contribution < -0.4 is 5.32 Å². The molecule has 2 aromatic rings. The van der Waals surface area contributed by atoms with Gasteiger partial charge in [0, 0.05) is 18.8 Å². The van der Waals surface area contributed by atoms with Gasteiger partial charge < -0.3 is 15.3 Å². The van der Waals surface area contributed by atoms with Crippen LogP contribution in [0, 0.1) is 12.7 Å². The number of fused-ring (bicyclic) bond motifs is 1. The summed E-state index contributed by atoms with van der Waals surface area (Å²) in [5.74, 6) is -0.184. The van der Waals surface area contributed by atoms with Crippen molar-refractivity contribution in [2.24, 2.45) is 0 Å². The lowest BCUT2D eigenvalue weighted by molar-refractivity contribution is 0.206. The summed E-state index contributed by atoms with van der Waals surface area (Å²) in [6, 6.07) is 9.28. The monoisotopic (exact) mass is 300 g/mol. The topological polar surface area (TPSA) is 52.6 Å². The molecule has 0 aliphatic carbocycles. The molecule has 22 heavy (non-hydrogen) atoms. The number of amides is 2. The van der Waals surface area contributed by atoms with E-state index in [0.717, 1.165) is 23.1 Å². The van der Waals surface area contributed by atoms with Crippen molar-refractivity contribution in [2.75, 3.05) is 11.9 Å². The molecule has 2 amide bonds. The average molecular weight is 300 g/mol. The first-order valence-corrected chi connectivity index (χ1v) is 7.16. The first-order valence-electron chi connectivity index (χ1n) is 7.16. The number of anilines is 1. The smallest absolute Gasteiger partial charge is 0.322 e. The Morgan fingerprint density at radius 2 is 2.05 bits per heavy atom. The van der Waals surface area contributed by atoms with E-state index in [1.807, 2.05) is 13.0 Å². The summed E-state index contributed by atoms with van der Waals surface area (Å²) in [4.78, 5) is 14.0. The lowest BCUT2D eigenvalue weighted by Crippen LogP contribution is -2.39. The number of phenols is 1. The number of hydrogen-bond donors (Lipinski definition) is 2. The van der Waals surface area contributed by atoms with Gasteiger partial charge in [0.05, 0.1) is 0 Å². The second-order valence-corrected chi connectivity index (χ2v) is 5.51. The van der Waals surface area contributed by atoms with E-state index in [-0.39, 0.29) is 17.6 Å². The van der Waals surface area contributed by atoms with Gasteiger partial charge in [-0.05, 0) is 54.3 Å². The van der Waals surface area contributed by atoms with Gasteiger partial charge in [-0.3, -0.25) is 0 Å². The number of aryl methyl sites for hydroxylation is 1. The maximum Gasteiger partial charge on any atom is 0.322 e. The average Bonchev–Trinajstić information content (AvgIpc) is 2.50. The Bertz CT molecular complexity index is 731. The Kier molecular flexibility index (Phi) is 3.71. The number of carbonyl (C=O) groups is 1. The van der Waals surface area contributed by atoms with Crippen LogP contribution in [0.15, 0.2) is 36.4 Å². The van der Waals surface area contributed by atoms with Crippen LogP contribution in [-0.4, -0.2) is 22.6 Å². The van der Waals surface area contributed by atoms with E-state index < -0.39 is 0 Å². The number of aromatic hydroxyl groups is 1. The molecule has 0 bridgehead atoms. The van der Waals surface area contributed by atoms with E-state index in [1.54, 1.807) is 23.1 Å². The van der Waals surface area contributed by atoms with E-state index >= 15 is 0 Å². The minimum absolute atomic E-state index is 0.196. The summed E-state index contributed by atoms with van der Waals surface area (Å²) in [5.41, 5.74) is 3.37. The van der Waals surface area contributed by atoms with Crippen molar-refractivity contribution in [2.45, 2.75) is 19.9 Å². The molecule has 114 valence electrons. The minimum Gasteiger partial charge on any atom is -0.508 e. The predicted molar refractivity (Wildman–Crippen MR) is 82.4 cm³/mol. The maximum absolute atomic E-state index is 13.3. The largest absolute Gasteiger partial charge is 0.508 e. The van der Waals surface area contributed by atoms with E-state index in [1.165, 1.54) is 12.1 Å². The Morgan fingerprint density at radius 3 is 2.86 bits per heavy atom. The van der Waals surface area contributed by atoms with Gasteiger partial charge in [-0.1, -0.05) is 12.1 Å². The highest BCUT2D eigenvalue weighted by atomic mass is 19.1. The summed E-state index contributed by atoms with van der Waals surface area (Å²) >= 11 is 0. The fourth-order valence-corrected chi connectivity index (χ4v) is 2.64. The van der Waals surface area contributed by atoms with Crippen LogP contribution in [0.25, 0.3) is 0 Å². The van der Waals surface area contributed by atoms with E-state index in [2.05, 4.69) is 5.32 Å². The Hall–Kier alpha value is -2.56. The van der Waals surface area contributed by atoms with Gasteiger partial charge in [0.25, 0.3) is 0 Å². The predicted octanol–water partition coefficient (Wildman–Crippen LogP) is 3.43. The number of urea groups is 1. The van der Waals surface area contributed by atoms with Gasteiger partial charge in [0.15, 0.2) is 0 Å². The maximum atomic E-state index is 13.3. The molecule has 0 spiro atoms. The van der Waals surface area contributed by atoms with Crippen molar-refractivity contribution in [3.05, 3.63) is 58.9 Å². The molecule has 0 atom stereocenters. The quantitative estimate of drug-likeness (QED) is 0.847. The van der Waals surface area contributed by atoms with Crippen molar-refractivity contribution in [1.82, 2.24) is 4.90 Å². The molecule has 0 aromatic heterocycles. The number of carbonyl (C=O) groups excluding carboxylic acids is 1. The Morgan fingerprint density at radius 1 is 1.23 bits per heavy atom. The standard InChI is InChI=1S/C17H17FN2O2/c1-11-2-4-14(18)9-16(11)19-17(22)20-7-6-12-3-5-15(21)8-13(12)10-20/h2-5,8-9,21H,6-7,10H2,1H3,(H,19,22). The molecule has 0 unspecified atom stereocenters. The number of rotatable bonds is 1. The van der Waals surface area contributed by atoms with Gasteiger partial charge in [0.1, 0.15) is 11.6 Å². The summed E-state index contributed by atoms with van der Waals surface area (Å²) in [6.07, 6.45) is 0.741. The van der Waals surface area contributed by atoms with Gasteiger partial charge in [-0.15, -0.1) is 0 Å². The van der Waals surface area contributed by atoms with E-state index in [9.17, 15) is 14.3 Å². The van der Waals surface area contributed by atoms with Crippen LogP contribution in [0.4, 0.5) is 14.9 Å². The summed E-state index contributed by atoms with van der Waals surface area (Å²) < 4.78 is 13.3. The fourth-order valence-electron chi connectivity index (χ4n) is 2.64. The summed E-state index contributed by atoms with van der Waals surface area (Å²) in [7, 11) is 0. The van der Waals surface area contributed by atoms with Crippen LogP contribution in [0.1, 0.15) is 16.7 Å². The molecule has 0 saturated heterocycles. The van der Waals surface area contributed by atoms with Gasteiger partial charge in [0.2, 0.25) is 0 Å². The summed E-state index contributed by atoms with van der Waals surface area (Å²) in [5, 5.41) is 12.3. The molecule has 3 rings (SSSR count). The van der Waals surface area contributed by atoms with Crippen LogP contribution in [0.3, 0.4) is 0 Å². The van der Waals surface area contributed by atoms with Crippen molar-refractivity contribution < 1.29 is 14.3 Å². The van der Waals surface area contributed by atoms with E-state index in [0.29, 0.717) is 18.8 Å². The Labute approximate surface area is 128 Å². The minimum atomic E-state index is -0.380. The molecule has 2 N–H and O–H groups in total. The molecule has 2 aromatic carbocycles. The highest BCUT2D eigenvalue weighted by Gasteiger charge is 2.21. The summed E-state index contributed by atoms with van der Waals surface area (Å²) in [6.45, 7) is 2.85. The third kappa shape index (κ3) is 2.88. The van der Waals surface area contributed by atoms with Crippen LogP contribution >= 0.6 is 0 Å². The number of hydrogen-bond acceptors (Lipinski definition) is 2. The SMILES string of the molecule is Cc1ccc(F)cc1NC(=O)N1CCc2ccc(O)cc2C1. The number of phenolic OH excluding ortho intramolecular Hbond substituents is 1. The lowest BCUT2D eigenvalue weighted by Gasteiger charge is -2.29. The van der Waals surface area contributed by atoms with Gasteiger partial charge in [-0.25, -0.2) is 9.18 Å². The highest BCUT2D eigenvalue weighted by Crippen LogP contribution is 2.24. The number of halogens is 1. The zero-order chi connectivity index (χ0) is 15.7. The first kappa shape index (κ1) is 14.4. The van der Waals surface area contributed by atoms with Crippen LogP contribution in [0.5, 0.6) is 5.75 Å². The number of benzene rings is 2. The van der Waals surface area contributed by atoms with E-state index in [4.69, 9.17) is 0 Å². The zero-order valence-electron chi connectivity index (χ0n) is 12.3. The van der Waals surface area contributed by atoms with Gasteiger partial charge >= 0.3 is 6.03 Å². The molecular formula is C17H17FN2O2. The van der Waals surface area contributed by atoms with Crippen molar-refractivity contribution in [1.29, 1.82) is 0 Å². The first-order chi connectivity index (χ1) is 10.5.